The summed E-state index contributed by atoms with van der Waals surface area (Å²) in [5, 5.41) is 6.25. The number of carbonyl (C=O) groups excluding carboxylic acids is 1. The van der Waals surface area contributed by atoms with Gasteiger partial charge in [0, 0.05) is 0 Å². The molecule has 0 saturated carbocycles. The molecular formula is C18H14N4O. The predicted octanol–water partition coefficient (Wildman–Crippen LogP) is 2.78. The van der Waals surface area contributed by atoms with Crippen molar-refractivity contribution in [2.75, 3.05) is 10.6 Å². The third-order valence-electron chi connectivity index (χ3n) is 4.02. The Labute approximate surface area is 133 Å². The zero-order chi connectivity index (χ0) is 15.7. The minimum absolute atomic E-state index is 0.155. The fourth-order valence-electron chi connectivity index (χ4n) is 2.92. The molecule has 4 rings (SSSR count). The van der Waals surface area contributed by atoms with Gasteiger partial charge in [0.15, 0.2) is 11.4 Å². The van der Waals surface area contributed by atoms with Crippen LogP contribution in [-0.4, -0.2) is 15.9 Å². The monoisotopic (exact) mass is 302 g/mol. The summed E-state index contributed by atoms with van der Waals surface area (Å²) >= 11 is 0. The summed E-state index contributed by atoms with van der Waals surface area (Å²) in [6, 6.07) is 19.3. The second-order valence-corrected chi connectivity index (χ2v) is 5.35. The van der Waals surface area contributed by atoms with Crippen molar-refractivity contribution in [3.05, 3.63) is 84.3 Å². The summed E-state index contributed by atoms with van der Waals surface area (Å²) in [4.78, 5) is 21.3. The number of carbonyl (C=O) groups is 1. The van der Waals surface area contributed by atoms with Crippen molar-refractivity contribution in [2.45, 2.75) is 5.54 Å². The molecule has 1 aromatic heterocycles. The zero-order valence-corrected chi connectivity index (χ0v) is 12.2. The number of fused-ring (bicyclic) bond motifs is 1. The molecule has 0 unspecified atom stereocenters. The minimum Gasteiger partial charge on any atom is -0.347 e. The third kappa shape index (κ3) is 2.05. The van der Waals surface area contributed by atoms with Crippen LogP contribution in [0.5, 0.6) is 0 Å². The maximum Gasteiger partial charge on any atom is 0.259 e. The molecule has 0 bridgehead atoms. The van der Waals surface area contributed by atoms with Crippen LogP contribution in [0, 0.1) is 0 Å². The number of nitrogens with zero attached hydrogens (tertiary/aromatic N) is 2. The maximum absolute atomic E-state index is 13.1. The van der Waals surface area contributed by atoms with Gasteiger partial charge in [-0.2, -0.15) is 0 Å². The highest BCUT2D eigenvalue weighted by molar-refractivity contribution is 6.08. The zero-order valence-electron chi connectivity index (χ0n) is 12.2. The first-order valence-corrected chi connectivity index (χ1v) is 7.31. The van der Waals surface area contributed by atoms with Gasteiger partial charge in [0.25, 0.3) is 5.91 Å². The number of anilines is 2. The molecule has 2 aromatic carbocycles. The average Bonchev–Trinajstić information content (AvgIpc) is 2.62. The molecule has 2 N–H and O–H groups in total. The van der Waals surface area contributed by atoms with Crippen LogP contribution in [0.2, 0.25) is 0 Å². The van der Waals surface area contributed by atoms with E-state index in [1.807, 2.05) is 60.7 Å². The van der Waals surface area contributed by atoms with Crippen molar-refractivity contribution in [2.24, 2.45) is 0 Å². The number of amides is 1. The van der Waals surface area contributed by atoms with Crippen LogP contribution in [0.25, 0.3) is 0 Å². The molecule has 0 atom stereocenters. The van der Waals surface area contributed by atoms with E-state index < -0.39 is 5.54 Å². The normalized spacial score (nSPS) is 15.2. The van der Waals surface area contributed by atoms with Gasteiger partial charge in [-0.1, -0.05) is 60.7 Å². The molecule has 0 radical (unpaired) electrons. The van der Waals surface area contributed by atoms with Crippen LogP contribution < -0.4 is 10.6 Å². The summed E-state index contributed by atoms with van der Waals surface area (Å²) < 4.78 is 0. The largest absolute Gasteiger partial charge is 0.347 e. The van der Waals surface area contributed by atoms with Crippen LogP contribution in [0.1, 0.15) is 11.1 Å². The third-order valence-corrected chi connectivity index (χ3v) is 4.02. The Morgan fingerprint density at radius 2 is 1.48 bits per heavy atom. The SMILES string of the molecule is O=C1Nc2cncnc2NC1(c1ccccc1)c1ccccc1. The Morgan fingerprint density at radius 3 is 2.09 bits per heavy atom. The van der Waals surface area contributed by atoms with E-state index in [-0.39, 0.29) is 5.91 Å². The van der Waals surface area contributed by atoms with Crippen LogP contribution in [0.15, 0.2) is 73.2 Å². The summed E-state index contributed by atoms with van der Waals surface area (Å²) in [6.45, 7) is 0. The van der Waals surface area contributed by atoms with Crippen LogP contribution in [-0.2, 0) is 10.3 Å². The topological polar surface area (TPSA) is 66.9 Å². The van der Waals surface area contributed by atoms with E-state index in [4.69, 9.17) is 0 Å². The molecule has 23 heavy (non-hydrogen) atoms. The predicted molar refractivity (Wildman–Crippen MR) is 87.9 cm³/mol. The van der Waals surface area contributed by atoms with Gasteiger partial charge in [0.2, 0.25) is 0 Å². The highest BCUT2D eigenvalue weighted by Crippen LogP contribution is 2.39. The lowest BCUT2D eigenvalue weighted by Crippen LogP contribution is -2.51. The molecule has 0 fully saturated rings. The molecule has 2 heterocycles. The number of aromatic nitrogens is 2. The van der Waals surface area contributed by atoms with Gasteiger partial charge in [-0.3, -0.25) is 4.79 Å². The highest BCUT2D eigenvalue weighted by atomic mass is 16.2. The Hall–Kier alpha value is -3.21. The molecule has 1 aliphatic rings. The lowest BCUT2D eigenvalue weighted by molar-refractivity contribution is -0.119. The number of rotatable bonds is 2. The molecule has 0 spiro atoms. The van der Waals surface area contributed by atoms with Gasteiger partial charge in [0.1, 0.15) is 12.0 Å². The van der Waals surface area contributed by atoms with Gasteiger partial charge >= 0.3 is 0 Å². The average molecular weight is 302 g/mol. The standard InChI is InChI=1S/C18H14N4O/c23-17-18(13-7-3-1-4-8-13,14-9-5-2-6-10-14)22-16-15(21-17)11-19-12-20-16/h1-12H,(H,21,23)(H,19,20,22). The molecule has 5 heteroatoms. The Bertz CT molecular complexity index is 810. The molecule has 1 amide bonds. The fourth-order valence-corrected chi connectivity index (χ4v) is 2.92. The Balaban J connectivity index is 1.96. The maximum atomic E-state index is 13.1. The van der Waals surface area contributed by atoms with Crippen LogP contribution >= 0.6 is 0 Å². The van der Waals surface area contributed by atoms with E-state index >= 15 is 0 Å². The number of hydrogen-bond acceptors (Lipinski definition) is 4. The molecule has 0 aliphatic carbocycles. The fraction of sp³-hybridized carbons (Fsp3) is 0.0556. The van der Waals surface area contributed by atoms with Crippen molar-refractivity contribution in [1.29, 1.82) is 0 Å². The summed E-state index contributed by atoms with van der Waals surface area (Å²) in [5.41, 5.74) is 1.27. The van der Waals surface area contributed by atoms with Crippen molar-refractivity contribution in [1.82, 2.24) is 9.97 Å². The van der Waals surface area contributed by atoms with Gasteiger partial charge in [-0.25, -0.2) is 9.97 Å². The summed E-state index contributed by atoms with van der Waals surface area (Å²) in [6.07, 6.45) is 3.05. The Morgan fingerprint density at radius 1 is 0.870 bits per heavy atom. The quantitative estimate of drug-likeness (QED) is 0.764. The van der Waals surface area contributed by atoms with Gasteiger partial charge in [-0.05, 0) is 11.1 Å². The lowest BCUT2D eigenvalue weighted by Gasteiger charge is -2.38. The number of hydrogen-bond donors (Lipinski definition) is 2. The summed E-state index contributed by atoms with van der Waals surface area (Å²) in [5.74, 6) is 0.449. The first-order chi connectivity index (χ1) is 11.3. The molecule has 1 aliphatic heterocycles. The lowest BCUT2D eigenvalue weighted by atomic mass is 9.80. The molecule has 0 saturated heterocycles. The van der Waals surface area contributed by atoms with Crippen molar-refractivity contribution in [3.63, 3.8) is 0 Å². The molecular weight excluding hydrogens is 288 g/mol. The van der Waals surface area contributed by atoms with Crippen LogP contribution in [0.3, 0.4) is 0 Å². The van der Waals surface area contributed by atoms with Crippen LogP contribution in [0.4, 0.5) is 11.5 Å². The van der Waals surface area contributed by atoms with Gasteiger partial charge in [0.05, 0.1) is 6.20 Å². The number of nitrogens with one attached hydrogen (secondary N) is 2. The first-order valence-electron chi connectivity index (χ1n) is 7.31. The van der Waals surface area contributed by atoms with Crippen molar-refractivity contribution < 1.29 is 4.79 Å². The van der Waals surface area contributed by atoms with E-state index in [0.717, 1.165) is 11.1 Å². The highest BCUT2D eigenvalue weighted by Gasteiger charge is 2.45. The van der Waals surface area contributed by atoms with E-state index in [1.165, 1.54) is 6.33 Å². The molecule has 112 valence electrons. The van der Waals surface area contributed by atoms with E-state index in [1.54, 1.807) is 6.20 Å². The molecule has 5 nitrogen and oxygen atoms in total. The molecule has 3 aromatic rings. The van der Waals surface area contributed by atoms with E-state index in [2.05, 4.69) is 20.6 Å². The number of benzene rings is 2. The minimum atomic E-state index is -1.02. The van der Waals surface area contributed by atoms with E-state index in [0.29, 0.717) is 11.5 Å². The van der Waals surface area contributed by atoms with Gasteiger partial charge < -0.3 is 10.6 Å². The van der Waals surface area contributed by atoms with Crippen molar-refractivity contribution >= 4 is 17.4 Å². The second kappa shape index (κ2) is 5.21. The first kappa shape index (κ1) is 13.5. The van der Waals surface area contributed by atoms with Gasteiger partial charge in [-0.15, -0.1) is 0 Å². The van der Waals surface area contributed by atoms with Crippen molar-refractivity contribution in [3.8, 4) is 0 Å². The second-order valence-electron chi connectivity index (χ2n) is 5.35. The Kier molecular flexibility index (Phi) is 3.05. The smallest absolute Gasteiger partial charge is 0.259 e. The summed E-state index contributed by atoms with van der Waals surface area (Å²) in [7, 11) is 0. The van der Waals surface area contributed by atoms with E-state index in [9.17, 15) is 4.79 Å².